The Morgan fingerprint density at radius 1 is 1.19 bits per heavy atom. The number of hydrogen-bond acceptors (Lipinski definition) is 1. The van der Waals surface area contributed by atoms with Crippen molar-refractivity contribution in [2.75, 3.05) is 0 Å². The van der Waals surface area contributed by atoms with Crippen LogP contribution < -0.4 is 5.73 Å². The second-order valence-corrected chi connectivity index (χ2v) is 4.96. The molecule has 0 amide bonds. The lowest BCUT2D eigenvalue weighted by molar-refractivity contribution is -0.184. The topological polar surface area (TPSA) is 26.0 Å². The minimum absolute atomic E-state index is 0.106. The van der Waals surface area contributed by atoms with Crippen LogP contribution in [0.25, 0.3) is 0 Å². The Morgan fingerprint density at radius 2 is 1.75 bits per heavy atom. The number of halogens is 3. The molecule has 0 aromatic heterocycles. The van der Waals surface area contributed by atoms with Crippen molar-refractivity contribution >= 4 is 0 Å². The van der Waals surface area contributed by atoms with Crippen LogP contribution in [0.3, 0.4) is 0 Å². The minimum Gasteiger partial charge on any atom is -0.327 e. The van der Waals surface area contributed by atoms with Gasteiger partial charge in [-0.2, -0.15) is 13.2 Å². The summed E-state index contributed by atoms with van der Waals surface area (Å²) in [6.45, 7) is 2.10. The average molecular weight is 237 g/mol. The van der Waals surface area contributed by atoms with Gasteiger partial charge < -0.3 is 5.73 Å². The smallest absolute Gasteiger partial charge is 0.327 e. The van der Waals surface area contributed by atoms with Crippen molar-refractivity contribution < 1.29 is 13.2 Å². The summed E-state index contributed by atoms with van der Waals surface area (Å²) >= 11 is 0. The first-order valence-corrected chi connectivity index (χ1v) is 6.27. The number of unbranched alkanes of at least 4 members (excludes halogenated alkanes) is 1. The van der Waals surface area contributed by atoms with Gasteiger partial charge in [-0.05, 0) is 38.0 Å². The van der Waals surface area contributed by atoms with E-state index in [2.05, 4.69) is 6.92 Å². The maximum atomic E-state index is 12.4. The third-order valence-corrected chi connectivity index (χ3v) is 3.73. The first kappa shape index (κ1) is 13.8. The van der Waals surface area contributed by atoms with Crippen LogP contribution in [0.5, 0.6) is 0 Å². The predicted octanol–water partition coefficient (Wildman–Crippen LogP) is 3.87. The molecule has 4 heteroatoms. The lowest BCUT2D eigenvalue weighted by Crippen LogP contribution is -2.36. The molecule has 1 atom stereocenters. The largest absolute Gasteiger partial charge is 0.391 e. The third-order valence-electron chi connectivity index (χ3n) is 3.73. The number of rotatable bonds is 4. The van der Waals surface area contributed by atoms with Crippen LogP contribution in [0.2, 0.25) is 0 Å². The number of hydrogen-bond donors (Lipinski definition) is 1. The summed E-state index contributed by atoms with van der Waals surface area (Å²) in [5.74, 6) is -0.771. The lowest BCUT2D eigenvalue weighted by Gasteiger charge is -2.33. The highest BCUT2D eigenvalue weighted by molar-refractivity contribution is 4.82. The van der Waals surface area contributed by atoms with Gasteiger partial charge in [0.25, 0.3) is 0 Å². The van der Waals surface area contributed by atoms with E-state index in [0.29, 0.717) is 18.8 Å². The van der Waals surface area contributed by atoms with E-state index in [1.54, 1.807) is 0 Å². The van der Waals surface area contributed by atoms with Gasteiger partial charge >= 0.3 is 6.18 Å². The fraction of sp³-hybridized carbons (Fsp3) is 1.00. The number of nitrogens with two attached hydrogens (primary N) is 1. The fourth-order valence-corrected chi connectivity index (χ4v) is 2.55. The van der Waals surface area contributed by atoms with Crippen LogP contribution in [-0.4, -0.2) is 12.2 Å². The molecule has 1 unspecified atom stereocenters. The summed E-state index contributed by atoms with van der Waals surface area (Å²) in [5.41, 5.74) is 6.01. The van der Waals surface area contributed by atoms with E-state index in [4.69, 9.17) is 5.73 Å². The van der Waals surface area contributed by atoms with Crippen molar-refractivity contribution in [3.05, 3.63) is 0 Å². The summed E-state index contributed by atoms with van der Waals surface area (Å²) in [7, 11) is 0. The molecule has 0 aliphatic heterocycles. The zero-order chi connectivity index (χ0) is 12.2. The Bertz CT molecular complexity index is 195. The van der Waals surface area contributed by atoms with Crippen LogP contribution in [0.1, 0.15) is 51.9 Å². The first-order chi connectivity index (χ1) is 7.45. The van der Waals surface area contributed by atoms with Crippen molar-refractivity contribution in [1.29, 1.82) is 0 Å². The molecule has 1 saturated carbocycles. The van der Waals surface area contributed by atoms with Crippen molar-refractivity contribution in [1.82, 2.24) is 0 Å². The minimum atomic E-state index is -4.00. The second-order valence-electron chi connectivity index (χ2n) is 4.96. The van der Waals surface area contributed by atoms with E-state index in [9.17, 15) is 13.2 Å². The zero-order valence-corrected chi connectivity index (χ0v) is 9.89. The van der Waals surface area contributed by atoms with Crippen molar-refractivity contribution in [3.8, 4) is 0 Å². The predicted molar refractivity (Wildman–Crippen MR) is 59.0 cm³/mol. The molecule has 0 aromatic carbocycles. The van der Waals surface area contributed by atoms with Gasteiger partial charge in [0, 0.05) is 6.04 Å². The van der Waals surface area contributed by atoms with Crippen LogP contribution in [0.15, 0.2) is 0 Å². The monoisotopic (exact) mass is 237 g/mol. The molecule has 0 radical (unpaired) electrons. The molecule has 1 fully saturated rings. The Balaban J connectivity index is 2.31. The van der Waals surface area contributed by atoms with Crippen molar-refractivity contribution in [3.63, 3.8) is 0 Å². The van der Waals surface area contributed by atoms with Gasteiger partial charge in [-0.3, -0.25) is 0 Å². The summed E-state index contributed by atoms with van der Waals surface area (Å²) in [6.07, 6.45) is 0.981. The van der Waals surface area contributed by atoms with Gasteiger partial charge in [0.2, 0.25) is 0 Å². The van der Waals surface area contributed by atoms with Gasteiger partial charge in [0.1, 0.15) is 0 Å². The Hall–Kier alpha value is -0.250. The first-order valence-electron chi connectivity index (χ1n) is 6.27. The molecule has 2 N–H and O–H groups in total. The summed E-state index contributed by atoms with van der Waals surface area (Å²) < 4.78 is 37.3. The normalized spacial score (nSPS) is 29.1. The van der Waals surface area contributed by atoms with Gasteiger partial charge in [-0.1, -0.05) is 19.8 Å². The maximum absolute atomic E-state index is 12.4. The van der Waals surface area contributed by atoms with Gasteiger partial charge in [0.05, 0.1) is 5.92 Å². The third kappa shape index (κ3) is 3.96. The highest BCUT2D eigenvalue weighted by Crippen LogP contribution is 2.40. The molecule has 16 heavy (non-hydrogen) atoms. The maximum Gasteiger partial charge on any atom is 0.391 e. The molecule has 1 nitrogen and oxygen atoms in total. The van der Waals surface area contributed by atoms with E-state index in [-0.39, 0.29) is 18.9 Å². The Kier molecular flexibility index (Phi) is 5.09. The van der Waals surface area contributed by atoms with Crippen LogP contribution in [-0.2, 0) is 0 Å². The SMILES string of the molecule is CCCCC(N)C1CCC(C(F)(F)F)CC1. The van der Waals surface area contributed by atoms with Crippen LogP contribution in [0.4, 0.5) is 13.2 Å². The zero-order valence-electron chi connectivity index (χ0n) is 9.89. The highest BCUT2D eigenvalue weighted by Gasteiger charge is 2.41. The second kappa shape index (κ2) is 5.89. The van der Waals surface area contributed by atoms with E-state index in [0.717, 1.165) is 19.3 Å². The van der Waals surface area contributed by atoms with Gasteiger partial charge in [-0.15, -0.1) is 0 Å². The van der Waals surface area contributed by atoms with Crippen molar-refractivity contribution in [2.45, 2.75) is 64.1 Å². The van der Waals surface area contributed by atoms with E-state index in [1.165, 1.54) is 0 Å². The Labute approximate surface area is 95.6 Å². The lowest BCUT2D eigenvalue weighted by atomic mass is 9.77. The van der Waals surface area contributed by atoms with E-state index >= 15 is 0 Å². The van der Waals surface area contributed by atoms with Crippen LogP contribution in [0, 0.1) is 11.8 Å². The molecule has 0 aromatic rings. The molecule has 96 valence electrons. The standard InChI is InChI=1S/C12H22F3N/c1-2-3-4-11(16)9-5-7-10(8-6-9)12(13,14)15/h9-11H,2-8,16H2,1H3. The molecule has 0 heterocycles. The Morgan fingerprint density at radius 3 is 2.19 bits per heavy atom. The van der Waals surface area contributed by atoms with Crippen molar-refractivity contribution in [2.24, 2.45) is 17.6 Å². The molecule has 0 spiro atoms. The fourth-order valence-electron chi connectivity index (χ4n) is 2.55. The molecule has 0 bridgehead atoms. The van der Waals surface area contributed by atoms with Gasteiger partial charge in [-0.25, -0.2) is 0 Å². The molecule has 0 saturated heterocycles. The summed E-state index contributed by atoms with van der Waals surface area (Å²) in [5, 5.41) is 0. The summed E-state index contributed by atoms with van der Waals surface area (Å²) in [4.78, 5) is 0. The van der Waals surface area contributed by atoms with E-state index in [1.807, 2.05) is 0 Å². The van der Waals surface area contributed by atoms with Gasteiger partial charge in [0.15, 0.2) is 0 Å². The summed E-state index contributed by atoms with van der Waals surface area (Å²) in [6, 6.07) is 0.106. The van der Waals surface area contributed by atoms with Crippen LogP contribution >= 0.6 is 0 Å². The molecule has 1 rings (SSSR count). The quantitative estimate of drug-likeness (QED) is 0.789. The highest BCUT2D eigenvalue weighted by atomic mass is 19.4. The molecular formula is C12H22F3N. The van der Waals surface area contributed by atoms with E-state index < -0.39 is 12.1 Å². The molecule has 1 aliphatic carbocycles. The average Bonchev–Trinajstić information content (AvgIpc) is 2.25. The molecular weight excluding hydrogens is 215 g/mol. The number of alkyl halides is 3. The molecule has 1 aliphatic rings.